The monoisotopic (exact) mass is 256 g/mol. The summed E-state index contributed by atoms with van der Waals surface area (Å²) in [5.74, 6) is 0. The van der Waals surface area contributed by atoms with Crippen LogP contribution in [0.4, 0.5) is 13.2 Å². The molecular weight excluding hydrogens is 245 g/mol. The van der Waals surface area contributed by atoms with Crippen LogP contribution in [0.1, 0.15) is 16.8 Å². The zero-order valence-electron chi connectivity index (χ0n) is 9.57. The van der Waals surface area contributed by atoms with Gasteiger partial charge in [-0.1, -0.05) is 0 Å². The summed E-state index contributed by atoms with van der Waals surface area (Å²) >= 11 is 0. The third-order valence-corrected chi connectivity index (χ3v) is 2.63. The van der Waals surface area contributed by atoms with Crippen LogP contribution >= 0.6 is 0 Å². The highest BCUT2D eigenvalue weighted by Crippen LogP contribution is 2.29. The minimum absolute atomic E-state index is 0.146. The molecule has 0 bridgehead atoms. The number of aryl methyl sites for hydroxylation is 1. The number of halogens is 3. The van der Waals surface area contributed by atoms with Crippen molar-refractivity contribution in [2.75, 3.05) is 0 Å². The van der Waals surface area contributed by atoms with Crippen LogP contribution in [0.3, 0.4) is 0 Å². The summed E-state index contributed by atoms with van der Waals surface area (Å²) in [5.41, 5.74) is 1.12. The fraction of sp³-hybridized carbons (Fsp3) is 0.250. The van der Waals surface area contributed by atoms with Gasteiger partial charge in [-0.3, -0.25) is 0 Å². The van der Waals surface area contributed by atoms with Crippen molar-refractivity contribution in [2.24, 2.45) is 0 Å². The topological polar surface area (TPSA) is 38.0 Å². The highest BCUT2D eigenvalue weighted by molar-refractivity contribution is 5.36. The van der Waals surface area contributed by atoms with Crippen molar-refractivity contribution in [3.8, 4) is 5.69 Å². The van der Waals surface area contributed by atoms with Gasteiger partial charge in [0.05, 0.1) is 23.6 Å². The average molecular weight is 256 g/mol. The number of benzene rings is 1. The first-order valence-electron chi connectivity index (χ1n) is 5.25. The Morgan fingerprint density at radius 3 is 2.28 bits per heavy atom. The molecule has 0 saturated carbocycles. The molecule has 0 radical (unpaired) electrons. The predicted octanol–water partition coefficient (Wildman–Crippen LogP) is 2.69. The molecule has 0 unspecified atom stereocenters. The van der Waals surface area contributed by atoms with Crippen LogP contribution < -0.4 is 0 Å². The molecule has 3 nitrogen and oxygen atoms in total. The van der Waals surface area contributed by atoms with Crippen LogP contribution in [0.25, 0.3) is 5.69 Å². The van der Waals surface area contributed by atoms with Gasteiger partial charge in [0, 0.05) is 11.8 Å². The number of rotatable bonds is 2. The van der Waals surface area contributed by atoms with E-state index in [-0.39, 0.29) is 6.61 Å². The lowest BCUT2D eigenvalue weighted by Gasteiger charge is -2.07. The first-order valence-corrected chi connectivity index (χ1v) is 5.25. The Morgan fingerprint density at radius 1 is 1.22 bits per heavy atom. The molecule has 2 rings (SSSR count). The molecule has 1 aromatic heterocycles. The van der Waals surface area contributed by atoms with E-state index in [0.29, 0.717) is 16.9 Å². The summed E-state index contributed by atoms with van der Waals surface area (Å²) in [6.07, 6.45) is -2.74. The molecule has 2 aromatic rings. The van der Waals surface area contributed by atoms with Crippen molar-refractivity contribution < 1.29 is 18.3 Å². The van der Waals surface area contributed by atoms with E-state index in [2.05, 4.69) is 5.10 Å². The summed E-state index contributed by atoms with van der Waals surface area (Å²) in [4.78, 5) is 0. The number of aliphatic hydroxyl groups is 1. The maximum Gasteiger partial charge on any atom is 0.416 e. The number of hydrogen-bond acceptors (Lipinski definition) is 2. The van der Waals surface area contributed by atoms with E-state index in [1.165, 1.54) is 16.8 Å². The first kappa shape index (κ1) is 12.6. The Hall–Kier alpha value is -1.82. The third-order valence-electron chi connectivity index (χ3n) is 2.63. The highest BCUT2D eigenvalue weighted by Gasteiger charge is 2.30. The van der Waals surface area contributed by atoms with E-state index in [9.17, 15) is 13.2 Å². The summed E-state index contributed by atoms with van der Waals surface area (Å²) in [5, 5.41) is 13.1. The van der Waals surface area contributed by atoms with Gasteiger partial charge in [-0.25, -0.2) is 4.68 Å². The predicted molar refractivity (Wildman–Crippen MR) is 59.2 cm³/mol. The molecule has 0 amide bonds. The van der Waals surface area contributed by atoms with Gasteiger partial charge in [0.2, 0.25) is 0 Å². The lowest BCUT2D eigenvalue weighted by molar-refractivity contribution is -0.137. The van der Waals surface area contributed by atoms with Gasteiger partial charge in [-0.05, 0) is 31.2 Å². The molecule has 1 heterocycles. The minimum Gasteiger partial charge on any atom is -0.392 e. The normalized spacial score (nSPS) is 11.8. The van der Waals surface area contributed by atoms with Crippen LogP contribution in [-0.2, 0) is 12.8 Å². The first-order chi connectivity index (χ1) is 8.41. The van der Waals surface area contributed by atoms with Crippen molar-refractivity contribution >= 4 is 0 Å². The van der Waals surface area contributed by atoms with Crippen LogP contribution in [0, 0.1) is 6.92 Å². The van der Waals surface area contributed by atoms with Crippen molar-refractivity contribution in [2.45, 2.75) is 19.7 Å². The smallest absolute Gasteiger partial charge is 0.392 e. The number of aliphatic hydroxyl groups excluding tert-OH is 1. The van der Waals surface area contributed by atoms with E-state index in [1.54, 1.807) is 13.1 Å². The zero-order valence-corrected chi connectivity index (χ0v) is 9.57. The molecule has 1 N–H and O–H groups in total. The SMILES string of the molecule is Cc1nn(-c2ccc(C(F)(F)F)cc2)cc1CO. The summed E-state index contributed by atoms with van der Waals surface area (Å²) in [6, 6.07) is 4.70. The maximum atomic E-state index is 12.4. The quantitative estimate of drug-likeness (QED) is 0.897. The Kier molecular flexibility index (Phi) is 3.13. The fourth-order valence-corrected chi connectivity index (χ4v) is 1.59. The Labute approximate surface area is 101 Å². The van der Waals surface area contributed by atoms with Crippen molar-refractivity contribution in [3.05, 3.63) is 47.3 Å². The second kappa shape index (κ2) is 4.45. The van der Waals surface area contributed by atoms with E-state index in [0.717, 1.165) is 12.1 Å². The molecule has 18 heavy (non-hydrogen) atoms. The van der Waals surface area contributed by atoms with E-state index >= 15 is 0 Å². The molecule has 0 aliphatic heterocycles. The highest BCUT2D eigenvalue weighted by atomic mass is 19.4. The van der Waals surface area contributed by atoms with Gasteiger partial charge in [-0.2, -0.15) is 18.3 Å². The average Bonchev–Trinajstić information content (AvgIpc) is 2.69. The van der Waals surface area contributed by atoms with Crippen LogP contribution in [0.15, 0.2) is 30.5 Å². The zero-order chi connectivity index (χ0) is 13.3. The lowest BCUT2D eigenvalue weighted by Crippen LogP contribution is -2.05. The molecule has 6 heteroatoms. The molecule has 1 aromatic carbocycles. The second-order valence-electron chi connectivity index (χ2n) is 3.89. The second-order valence-corrected chi connectivity index (χ2v) is 3.89. The molecule has 0 aliphatic carbocycles. The Balaban J connectivity index is 2.34. The summed E-state index contributed by atoms with van der Waals surface area (Å²) in [6.45, 7) is 1.58. The van der Waals surface area contributed by atoms with Gasteiger partial charge in [0.15, 0.2) is 0 Å². The van der Waals surface area contributed by atoms with Crippen LogP contribution in [-0.4, -0.2) is 14.9 Å². The minimum atomic E-state index is -4.34. The van der Waals surface area contributed by atoms with Gasteiger partial charge in [-0.15, -0.1) is 0 Å². The summed E-state index contributed by atoms with van der Waals surface area (Å²) < 4.78 is 38.6. The third kappa shape index (κ3) is 2.38. The molecule has 0 spiro atoms. The van der Waals surface area contributed by atoms with Crippen LogP contribution in [0.5, 0.6) is 0 Å². The van der Waals surface area contributed by atoms with E-state index in [1.807, 2.05) is 0 Å². The molecule has 96 valence electrons. The standard InChI is InChI=1S/C12H11F3N2O/c1-8-9(7-18)6-17(16-8)11-4-2-10(3-5-11)12(13,14)15/h2-6,18H,7H2,1H3. The van der Waals surface area contributed by atoms with Gasteiger partial charge < -0.3 is 5.11 Å². The Morgan fingerprint density at radius 2 is 1.83 bits per heavy atom. The van der Waals surface area contributed by atoms with Crippen molar-refractivity contribution in [3.63, 3.8) is 0 Å². The van der Waals surface area contributed by atoms with E-state index < -0.39 is 11.7 Å². The number of aromatic nitrogens is 2. The van der Waals surface area contributed by atoms with Crippen molar-refractivity contribution in [1.29, 1.82) is 0 Å². The number of nitrogens with zero attached hydrogens (tertiary/aromatic N) is 2. The molecular formula is C12H11F3N2O. The maximum absolute atomic E-state index is 12.4. The van der Waals surface area contributed by atoms with Gasteiger partial charge in [0.1, 0.15) is 0 Å². The largest absolute Gasteiger partial charge is 0.416 e. The van der Waals surface area contributed by atoms with Gasteiger partial charge >= 0.3 is 6.18 Å². The fourth-order valence-electron chi connectivity index (χ4n) is 1.59. The molecule has 0 aliphatic rings. The molecule has 0 saturated heterocycles. The van der Waals surface area contributed by atoms with Crippen molar-refractivity contribution in [1.82, 2.24) is 9.78 Å². The number of alkyl halides is 3. The van der Waals surface area contributed by atoms with Gasteiger partial charge in [0.25, 0.3) is 0 Å². The van der Waals surface area contributed by atoms with E-state index in [4.69, 9.17) is 5.11 Å². The van der Waals surface area contributed by atoms with Crippen LogP contribution in [0.2, 0.25) is 0 Å². The number of hydrogen-bond donors (Lipinski definition) is 1. The Bertz CT molecular complexity index is 543. The summed E-state index contributed by atoms with van der Waals surface area (Å²) in [7, 11) is 0. The molecule has 0 fully saturated rings. The molecule has 0 atom stereocenters. The lowest BCUT2D eigenvalue weighted by atomic mass is 10.2.